The molecule has 1 aromatic carbocycles. The predicted octanol–water partition coefficient (Wildman–Crippen LogP) is 2.75. The summed E-state index contributed by atoms with van der Waals surface area (Å²) in [5, 5.41) is 9.37. The number of benzene rings is 1. The molecule has 0 atom stereocenters. The van der Waals surface area contributed by atoms with Gasteiger partial charge in [0.1, 0.15) is 5.82 Å². The number of aromatic carboxylic acids is 1. The number of ether oxygens (including phenoxy) is 1. The first-order valence-electron chi connectivity index (χ1n) is 8.79. The quantitative estimate of drug-likeness (QED) is 0.783. The largest absolute Gasteiger partial charge is 0.478 e. The van der Waals surface area contributed by atoms with Crippen LogP contribution in [0.1, 0.15) is 29.6 Å². The van der Waals surface area contributed by atoms with Gasteiger partial charge >= 0.3 is 5.97 Å². The Kier molecular flexibility index (Phi) is 5.83. The second kappa shape index (κ2) is 8.27. The zero-order chi connectivity index (χ0) is 17.6. The lowest BCUT2D eigenvalue weighted by Gasteiger charge is -2.28. The highest BCUT2D eigenvalue weighted by molar-refractivity contribution is 5.94. The highest BCUT2D eigenvalue weighted by atomic mass is 16.5. The Morgan fingerprint density at radius 3 is 2.84 bits per heavy atom. The number of hydrogen-bond acceptors (Lipinski definition) is 4. The van der Waals surface area contributed by atoms with Crippen molar-refractivity contribution in [3.63, 3.8) is 0 Å². The van der Waals surface area contributed by atoms with Gasteiger partial charge in [-0.3, -0.25) is 0 Å². The van der Waals surface area contributed by atoms with Crippen molar-refractivity contribution in [1.29, 1.82) is 0 Å². The molecule has 0 bridgehead atoms. The van der Waals surface area contributed by atoms with Gasteiger partial charge in [-0.2, -0.15) is 0 Å². The van der Waals surface area contributed by atoms with Crippen molar-refractivity contribution in [2.24, 2.45) is 0 Å². The van der Waals surface area contributed by atoms with E-state index in [1.54, 1.807) is 24.4 Å². The molecule has 1 aliphatic heterocycles. The minimum atomic E-state index is -0.934. The average molecular weight is 343 g/mol. The van der Waals surface area contributed by atoms with Crippen molar-refractivity contribution in [2.45, 2.75) is 31.9 Å². The second-order valence-corrected chi connectivity index (χ2v) is 6.52. The SMILES string of the molecule is CN1CCC(OCCCn2ccnc2-c2ccccc2C(=O)O)CC1. The lowest BCUT2D eigenvalue weighted by molar-refractivity contribution is 0.0103. The lowest BCUT2D eigenvalue weighted by atomic mass is 10.1. The highest BCUT2D eigenvalue weighted by Gasteiger charge is 2.17. The summed E-state index contributed by atoms with van der Waals surface area (Å²) in [5.41, 5.74) is 0.925. The Hall–Kier alpha value is -2.18. The minimum absolute atomic E-state index is 0.275. The summed E-state index contributed by atoms with van der Waals surface area (Å²) in [5.74, 6) is -0.243. The van der Waals surface area contributed by atoms with E-state index < -0.39 is 5.97 Å². The number of rotatable bonds is 7. The van der Waals surface area contributed by atoms with Crippen LogP contribution in [0.25, 0.3) is 11.4 Å². The number of imidazole rings is 1. The first-order valence-corrected chi connectivity index (χ1v) is 8.79. The molecule has 6 nitrogen and oxygen atoms in total. The first kappa shape index (κ1) is 17.6. The molecule has 1 aliphatic rings. The molecule has 6 heteroatoms. The van der Waals surface area contributed by atoms with Crippen LogP contribution in [0.5, 0.6) is 0 Å². The normalized spacial score (nSPS) is 16.2. The van der Waals surface area contributed by atoms with E-state index >= 15 is 0 Å². The molecule has 0 radical (unpaired) electrons. The molecular weight excluding hydrogens is 318 g/mol. The van der Waals surface area contributed by atoms with Crippen molar-refractivity contribution >= 4 is 5.97 Å². The third-order valence-corrected chi connectivity index (χ3v) is 4.68. The van der Waals surface area contributed by atoms with Crippen molar-refractivity contribution in [1.82, 2.24) is 14.5 Å². The molecule has 134 valence electrons. The van der Waals surface area contributed by atoms with Crippen LogP contribution < -0.4 is 0 Å². The van der Waals surface area contributed by atoms with Crippen LogP contribution in [0, 0.1) is 0 Å². The molecule has 1 aromatic heterocycles. The van der Waals surface area contributed by atoms with E-state index in [1.807, 2.05) is 16.8 Å². The number of nitrogens with zero attached hydrogens (tertiary/aromatic N) is 3. The van der Waals surface area contributed by atoms with E-state index in [-0.39, 0.29) is 5.56 Å². The molecule has 1 saturated heterocycles. The molecule has 0 amide bonds. The van der Waals surface area contributed by atoms with Gasteiger partial charge < -0.3 is 19.3 Å². The van der Waals surface area contributed by atoms with E-state index in [1.165, 1.54) is 0 Å². The Morgan fingerprint density at radius 1 is 1.32 bits per heavy atom. The van der Waals surface area contributed by atoms with Crippen molar-refractivity contribution in [3.8, 4) is 11.4 Å². The molecular formula is C19H25N3O3. The maximum absolute atomic E-state index is 11.4. The van der Waals surface area contributed by atoms with Crippen molar-refractivity contribution < 1.29 is 14.6 Å². The number of carbonyl (C=O) groups is 1. The van der Waals surface area contributed by atoms with Crippen LogP contribution in [0.2, 0.25) is 0 Å². The monoisotopic (exact) mass is 343 g/mol. The average Bonchev–Trinajstić information content (AvgIpc) is 3.08. The fraction of sp³-hybridized carbons (Fsp3) is 0.474. The fourth-order valence-corrected chi connectivity index (χ4v) is 3.23. The smallest absolute Gasteiger partial charge is 0.336 e. The number of piperidine rings is 1. The summed E-state index contributed by atoms with van der Waals surface area (Å²) in [4.78, 5) is 18.1. The molecule has 1 N–H and O–H groups in total. The van der Waals surface area contributed by atoms with Gasteiger partial charge in [0.05, 0.1) is 11.7 Å². The van der Waals surface area contributed by atoms with E-state index in [4.69, 9.17) is 4.74 Å². The van der Waals surface area contributed by atoms with Crippen LogP contribution in [0.15, 0.2) is 36.7 Å². The van der Waals surface area contributed by atoms with Crippen LogP contribution in [-0.4, -0.2) is 58.4 Å². The van der Waals surface area contributed by atoms with Gasteiger partial charge in [0.2, 0.25) is 0 Å². The molecule has 2 aromatic rings. The van der Waals surface area contributed by atoms with Gasteiger partial charge in [-0.05, 0) is 32.4 Å². The van der Waals surface area contributed by atoms with Crippen LogP contribution in [0.4, 0.5) is 0 Å². The summed E-state index contributed by atoms with van der Waals surface area (Å²) >= 11 is 0. The molecule has 0 aliphatic carbocycles. The standard InChI is InChI=1S/C19H25N3O3/c1-21-11-7-15(8-12-21)25-14-4-10-22-13-9-20-18(22)16-5-2-3-6-17(16)19(23)24/h2-3,5-6,9,13,15H,4,7-8,10-12,14H2,1H3,(H,23,24). The number of hydrogen-bond donors (Lipinski definition) is 1. The van der Waals surface area contributed by atoms with Gasteiger partial charge in [-0.15, -0.1) is 0 Å². The Morgan fingerprint density at radius 2 is 2.08 bits per heavy atom. The lowest BCUT2D eigenvalue weighted by Crippen LogP contribution is -2.34. The molecule has 0 spiro atoms. The summed E-state index contributed by atoms with van der Waals surface area (Å²) in [6.07, 6.45) is 7.05. The number of carboxylic acid groups (broad SMARTS) is 1. The first-order chi connectivity index (χ1) is 12.1. The highest BCUT2D eigenvalue weighted by Crippen LogP contribution is 2.22. The topological polar surface area (TPSA) is 67.6 Å². The Bertz CT molecular complexity index is 705. The van der Waals surface area contributed by atoms with E-state index in [2.05, 4.69) is 16.9 Å². The van der Waals surface area contributed by atoms with Gasteiger partial charge in [0.15, 0.2) is 0 Å². The van der Waals surface area contributed by atoms with Gasteiger partial charge in [0.25, 0.3) is 0 Å². The third kappa shape index (κ3) is 4.46. The van der Waals surface area contributed by atoms with E-state index in [0.29, 0.717) is 24.1 Å². The fourth-order valence-electron chi connectivity index (χ4n) is 3.23. The number of carboxylic acids is 1. The second-order valence-electron chi connectivity index (χ2n) is 6.52. The summed E-state index contributed by atoms with van der Waals surface area (Å²) in [6.45, 7) is 3.67. The Labute approximate surface area is 148 Å². The van der Waals surface area contributed by atoms with Gasteiger partial charge in [-0.25, -0.2) is 9.78 Å². The summed E-state index contributed by atoms with van der Waals surface area (Å²) < 4.78 is 7.98. The number of aromatic nitrogens is 2. The maximum Gasteiger partial charge on any atom is 0.336 e. The minimum Gasteiger partial charge on any atom is -0.478 e. The zero-order valence-electron chi connectivity index (χ0n) is 14.6. The molecule has 0 saturated carbocycles. The number of likely N-dealkylation sites (tertiary alicyclic amines) is 1. The van der Waals surface area contributed by atoms with E-state index in [0.717, 1.165) is 38.9 Å². The van der Waals surface area contributed by atoms with Crippen molar-refractivity contribution in [3.05, 3.63) is 42.2 Å². The van der Waals surface area contributed by atoms with Gasteiger partial charge in [-0.1, -0.05) is 18.2 Å². The zero-order valence-corrected chi connectivity index (χ0v) is 14.6. The third-order valence-electron chi connectivity index (χ3n) is 4.68. The summed E-state index contributed by atoms with van der Waals surface area (Å²) in [7, 11) is 2.14. The molecule has 0 unspecified atom stereocenters. The molecule has 2 heterocycles. The van der Waals surface area contributed by atoms with Gasteiger partial charge in [0, 0.05) is 44.2 Å². The van der Waals surface area contributed by atoms with E-state index in [9.17, 15) is 9.90 Å². The maximum atomic E-state index is 11.4. The number of aryl methyl sites for hydroxylation is 1. The summed E-state index contributed by atoms with van der Waals surface area (Å²) in [6, 6.07) is 6.98. The van der Waals surface area contributed by atoms with Crippen LogP contribution >= 0.6 is 0 Å². The Balaban J connectivity index is 1.57. The van der Waals surface area contributed by atoms with Crippen molar-refractivity contribution in [2.75, 3.05) is 26.7 Å². The molecule has 3 rings (SSSR count). The molecule has 1 fully saturated rings. The van der Waals surface area contributed by atoms with Crippen LogP contribution in [-0.2, 0) is 11.3 Å². The predicted molar refractivity (Wildman–Crippen MR) is 95.7 cm³/mol. The van der Waals surface area contributed by atoms with Crippen LogP contribution in [0.3, 0.4) is 0 Å². The molecule has 25 heavy (non-hydrogen) atoms.